The van der Waals surface area contributed by atoms with E-state index in [2.05, 4.69) is 4.98 Å². The molecule has 1 aromatic rings. The Morgan fingerprint density at radius 2 is 2.43 bits per heavy atom. The number of aromatic nitrogens is 1. The fraction of sp³-hybridized carbons (Fsp3) is 0.300. The van der Waals surface area contributed by atoms with Gasteiger partial charge in [0.2, 0.25) is 0 Å². The molecule has 14 heavy (non-hydrogen) atoms. The topological polar surface area (TPSA) is 63.0 Å². The zero-order valence-corrected chi connectivity index (χ0v) is 7.86. The van der Waals surface area contributed by atoms with Crippen LogP contribution in [0.5, 0.6) is 0 Å². The molecule has 0 aliphatic rings. The van der Waals surface area contributed by atoms with Crippen LogP contribution in [0.3, 0.4) is 0 Å². The number of ether oxygens (including phenoxy) is 1. The molecule has 1 rings (SSSR count). The molecule has 0 amide bonds. The third kappa shape index (κ3) is 2.56. The van der Waals surface area contributed by atoms with Crippen molar-refractivity contribution in [2.24, 2.45) is 0 Å². The summed E-state index contributed by atoms with van der Waals surface area (Å²) in [5, 5.41) is 8.40. The molecule has 0 saturated heterocycles. The lowest BCUT2D eigenvalue weighted by molar-refractivity contribution is 0.0526. The van der Waals surface area contributed by atoms with Gasteiger partial charge in [-0.25, -0.2) is 4.79 Å². The van der Waals surface area contributed by atoms with Gasteiger partial charge in [0.1, 0.15) is 0 Å². The molecule has 4 nitrogen and oxygen atoms in total. The van der Waals surface area contributed by atoms with Crippen LogP contribution in [0.2, 0.25) is 0 Å². The van der Waals surface area contributed by atoms with E-state index >= 15 is 0 Å². The van der Waals surface area contributed by atoms with Gasteiger partial charge in [-0.2, -0.15) is 5.26 Å². The van der Waals surface area contributed by atoms with Crippen molar-refractivity contribution < 1.29 is 9.53 Å². The minimum Gasteiger partial charge on any atom is -0.462 e. The largest absolute Gasteiger partial charge is 0.462 e. The summed E-state index contributed by atoms with van der Waals surface area (Å²) in [7, 11) is 0. The summed E-state index contributed by atoms with van der Waals surface area (Å²) in [6, 6.07) is 5.24. The zero-order valence-electron chi connectivity index (χ0n) is 7.86. The lowest BCUT2D eigenvalue weighted by atomic mass is 10.2. The van der Waals surface area contributed by atoms with Crippen molar-refractivity contribution in [3.05, 3.63) is 29.6 Å². The maximum absolute atomic E-state index is 11.2. The van der Waals surface area contributed by atoms with Gasteiger partial charge in [-0.15, -0.1) is 0 Å². The first-order valence-corrected chi connectivity index (χ1v) is 4.27. The Labute approximate surface area is 82.1 Å². The molecule has 0 aromatic carbocycles. The Hall–Kier alpha value is -1.89. The van der Waals surface area contributed by atoms with E-state index < -0.39 is 0 Å². The minimum atomic E-state index is -0.386. The standard InChI is InChI=1S/C10H10N2O2/c1-2-14-10(13)8-3-4-9(5-6-11)12-7-8/h3-4,7H,2,5H2,1H3. The van der Waals surface area contributed by atoms with Gasteiger partial charge in [0, 0.05) is 6.20 Å². The molecule has 0 atom stereocenters. The maximum atomic E-state index is 11.2. The fourth-order valence-electron chi connectivity index (χ4n) is 0.945. The SMILES string of the molecule is CCOC(=O)c1ccc(CC#N)nc1. The smallest absolute Gasteiger partial charge is 0.339 e. The molecule has 0 unspecified atom stereocenters. The molecule has 4 heteroatoms. The van der Waals surface area contributed by atoms with Gasteiger partial charge >= 0.3 is 5.97 Å². The minimum absolute atomic E-state index is 0.253. The van der Waals surface area contributed by atoms with Gasteiger partial charge in [-0.3, -0.25) is 4.98 Å². The van der Waals surface area contributed by atoms with Crippen molar-refractivity contribution in [1.82, 2.24) is 4.98 Å². The van der Waals surface area contributed by atoms with E-state index in [1.165, 1.54) is 6.20 Å². The molecular weight excluding hydrogens is 180 g/mol. The van der Waals surface area contributed by atoms with Crippen LogP contribution in [0.15, 0.2) is 18.3 Å². The molecule has 0 fully saturated rings. The van der Waals surface area contributed by atoms with Crippen molar-refractivity contribution in [2.75, 3.05) is 6.61 Å². The van der Waals surface area contributed by atoms with E-state index in [0.717, 1.165) is 0 Å². The van der Waals surface area contributed by atoms with E-state index in [1.54, 1.807) is 19.1 Å². The summed E-state index contributed by atoms with van der Waals surface area (Å²) in [5.41, 5.74) is 1.06. The van der Waals surface area contributed by atoms with E-state index in [0.29, 0.717) is 17.9 Å². The average Bonchev–Trinajstić information content (AvgIpc) is 2.20. The quantitative estimate of drug-likeness (QED) is 0.674. The Kier molecular flexibility index (Phi) is 3.62. The molecular formula is C10H10N2O2. The van der Waals surface area contributed by atoms with E-state index in [1.807, 2.05) is 6.07 Å². The Balaban J connectivity index is 2.73. The van der Waals surface area contributed by atoms with Crippen LogP contribution in [0.25, 0.3) is 0 Å². The Morgan fingerprint density at radius 1 is 1.64 bits per heavy atom. The van der Waals surface area contributed by atoms with Crippen molar-refractivity contribution in [3.63, 3.8) is 0 Å². The third-order valence-corrected chi connectivity index (χ3v) is 1.60. The highest BCUT2D eigenvalue weighted by Crippen LogP contribution is 2.02. The molecule has 0 saturated carbocycles. The summed E-state index contributed by atoms with van der Waals surface area (Å²) in [4.78, 5) is 15.1. The number of hydrogen-bond donors (Lipinski definition) is 0. The highest BCUT2D eigenvalue weighted by Gasteiger charge is 2.05. The lowest BCUT2D eigenvalue weighted by Crippen LogP contribution is -2.05. The van der Waals surface area contributed by atoms with Crippen molar-refractivity contribution in [2.45, 2.75) is 13.3 Å². The van der Waals surface area contributed by atoms with E-state index in [9.17, 15) is 4.79 Å². The van der Waals surface area contributed by atoms with Gasteiger partial charge in [0.15, 0.2) is 0 Å². The summed E-state index contributed by atoms with van der Waals surface area (Å²) in [6.45, 7) is 2.09. The molecule has 72 valence electrons. The maximum Gasteiger partial charge on any atom is 0.339 e. The predicted octanol–water partition coefficient (Wildman–Crippen LogP) is 1.32. The molecule has 0 aliphatic carbocycles. The number of nitrogens with zero attached hydrogens (tertiary/aromatic N) is 2. The number of pyridine rings is 1. The first-order valence-electron chi connectivity index (χ1n) is 4.27. The number of rotatable bonds is 3. The fourth-order valence-corrected chi connectivity index (χ4v) is 0.945. The van der Waals surface area contributed by atoms with Crippen LogP contribution in [0.4, 0.5) is 0 Å². The van der Waals surface area contributed by atoms with Gasteiger partial charge in [0.05, 0.1) is 30.4 Å². The van der Waals surface area contributed by atoms with Crippen molar-refractivity contribution in [1.29, 1.82) is 5.26 Å². The average molecular weight is 190 g/mol. The van der Waals surface area contributed by atoms with Crippen LogP contribution in [-0.4, -0.2) is 17.6 Å². The summed E-state index contributed by atoms with van der Waals surface area (Å²) >= 11 is 0. The van der Waals surface area contributed by atoms with E-state index in [-0.39, 0.29) is 12.4 Å². The highest BCUT2D eigenvalue weighted by atomic mass is 16.5. The molecule has 1 heterocycles. The first-order chi connectivity index (χ1) is 6.77. The first kappa shape index (κ1) is 10.2. The number of hydrogen-bond acceptors (Lipinski definition) is 4. The Morgan fingerprint density at radius 3 is 2.93 bits per heavy atom. The molecule has 0 spiro atoms. The van der Waals surface area contributed by atoms with Crippen molar-refractivity contribution >= 4 is 5.97 Å². The van der Waals surface area contributed by atoms with Gasteiger partial charge in [0.25, 0.3) is 0 Å². The Bertz CT molecular complexity index is 351. The second kappa shape index (κ2) is 4.97. The summed E-state index contributed by atoms with van der Waals surface area (Å²) < 4.78 is 4.78. The molecule has 0 N–H and O–H groups in total. The summed E-state index contributed by atoms with van der Waals surface area (Å²) in [6.07, 6.45) is 1.67. The predicted molar refractivity (Wildman–Crippen MR) is 49.5 cm³/mol. The van der Waals surface area contributed by atoms with Crippen molar-refractivity contribution in [3.8, 4) is 6.07 Å². The number of carbonyl (C=O) groups is 1. The number of esters is 1. The number of carbonyl (C=O) groups excluding carboxylic acids is 1. The van der Waals surface area contributed by atoms with Crippen LogP contribution in [0, 0.1) is 11.3 Å². The van der Waals surface area contributed by atoms with Gasteiger partial charge in [-0.1, -0.05) is 0 Å². The zero-order chi connectivity index (χ0) is 10.4. The van der Waals surface area contributed by atoms with Crippen LogP contribution >= 0.6 is 0 Å². The normalized spacial score (nSPS) is 9.14. The van der Waals surface area contributed by atoms with Crippen LogP contribution in [-0.2, 0) is 11.2 Å². The monoisotopic (exact) mass is 190 g/mol. The van der Waals surface area contributed by atoms with E-state index in [4.69, 9.17) is 10.00 Å². The van der Waals surface area contributed by atoms with Gasteiger partial charge < -0.3 is 4.74 Å². The third-order valence-electron chi connectivity index (χ3n) is 1.60. The van der Waals surface area contributed by atoms with Gasteiger partial charge in [-0.05, 0) is 19.1 Å². The van der Waals surface area contributed by atoms with Crippen LogP contribution in [0.1, 0.15) is 23.0 Å². The molecule has 0 bridgehead atoms. The number of nitriles is 1. The second-order valence-electron chi connectivity index (χ2n) is 2.59. The molecule has 0 radical (unpaired) electrons. The second-order valence-corrected chi connectivity index (χ2v) is 2.59. The summed E-state index contributed by atoms with van der Waals surface area (Å²) in [5.74, 6) is -0.386. The molecule has 1 aromatic heterocycles. The van der Waals surface area contributed by atoms with Crippen LogP contribution < -0.4 is 0 Å². The highest BCUT2D eigenvalue weighted by molar-refractivity contribution is 5.88. The lowest BCUT2D eigenvalue weighted by Gasteiger charge is -2.00. The molecule has 0 aliphatic heterocycles.